The van der Waals surface area contributed by atoms with E-state index in [2.05, 4.69) is 5.32 Å². The van der Waals surface area contributed by atoms with Crippen molar-refractivity contribution in [2.24, 2.45) is 0 Å². The van der Waals surface area contributed by atoms with E-state index in [1.807, 2.05) is 0 Å². The Morgan fingerprint density at radius 1 is 1.20 bits per heavy atom. The molecular weight excluding hydrogens is 326 g/mol. The molecule has 0 bridgehead atoms. The maximum Gasteiger partial charge on any atom is 0.410 e. The highest BCUT2D eigenvalue weighted by atomic mass is 16.6. The molecule has 138 valence electrons. The fourth-order valence-electron chi connectivity index (χ4n) is 2.72. The van der Waals surface area contributed by atoms with E-state index in [0.717, 1.165) is 4.90 Å². The van der Waals surface area contributed by atoms with E-state index in [1.54, 1.807) is 44.2 Å². The molecule has 1 heterocycles. The predicted molar refractivity (Wildman–Crippen MR) is 92.3 cm³/mol. The van der Waals surface area contributed by atoms with E-state index in [9.17, 15) is 9.59 Å². The van der Waals surface area contributed by atoms with E-state index in [-0.39, 0.29) is 12.0 Å². The molecule has 0 radical (unpaired) electrons. The molecule has 2 rings (SSSR count). The van der Waals surface area contributed by atoms with Gasteiger partial charge in [0.15, 0.2) is 6.54 Å². The van der Waals surface area contributed by atoms with Crippen LogP contribution in [0, 0.1) is 0 Å². The quantitative estimate of drug-likeness (QED) is 0.753. The third kappa shape index (κ3) is 5.25. The zero-order chi connectivity index (χ0) is 18.2. The van der Waals surface area contributed by atoms with Crippen LogP contribution in [-0.2, 0) is 9.53 Å². The first kappa shape index (κ1) is 18.9. The summed E-state index contributed by atoms with van der Waals surface area (Å²) >= 11 is 0. The number of amides is 2. The minimum absolute atomic E-state index is 0.0944. The summed E-state index contributed by atoms with van der Waals surface area (Å²) in [6.07, 6.45) is -0.283. The monoisotopic (exact) mass is 352 g/mol. The van der Waals surface area contributed by atoms with Crippen LogP contribution in [-0.4, -0.2) is 70.5 Å². The first-order chi connectivity index (χ1) is 12.1. The molecule has 25 heavy (non-hydrogen) atoms. The predicted octanol–water partition coefficient (Wildman–Crippen LogP) is -0.000700. The SMILES string of the molecule is CCOC(=O)N1CC[NH+](CC(=O)Nc2ccc(OC)cc2OC)CC1. The highest BCUT2D eigenvalue weighted by Gasteiger charge is 2.26. The summed E-state index contributed by atoms with van der Waals surface area (Å²) in [7, 11) is 3.12. The zero-order valence-corrected chi connectivity index (χ0v) is 15.0. The molecule has 1 saturated heterocycles. The highest BCUT2D eigenvalue weighted by molar-refractivity contribution is 5.93. The summed E-state index contributed by atoms with van der Waals surface area (Å²) in [6, 6.07) is 5.24. The molecule has 2 N–H and O–H groups in total. The van der Waals surface area contributed by atoms with Crippen molar-refractivity contribution in [1.29, 1.82) is 0 Å². The second kappa shape index (κ2) is 9.12. The van der Waals surface area contributed by atoms with Crippen LogP contribution in [0.1, 0.15) is 6.92 Å². The molecule has 0 saturated carbocycles. The van der Waals surface area contributed by atoms with Gasteiger partial charge in [0.2, 0.25) is 0 Å². The molecule has 0 atom stereocenters. The van der Waals surface area contributed by atoms with E-state index in [0.29, 0.717) is 56.5 Å². The molecule has 0 aliphatic carbocycles. The van der Waals surface area contributed by atoms with Crippen LogP contribution < -0.4 is 19.7 Å². The summed E-state index contributed by atoms with van der Waals surface area (Å²) in [4.78, 5) is 26.8. The number of nitrogens with one attached hydrogen (secondary N) is 2. The van der Waals surface area contributed by atoms with Crippen LogP contribution in [0.25, 0.3) is 0 Å². The maximum absolute atomic E-state index is 12.3. The zero-order valence-electron chi connectivity index (χ0n) is 15.0. The fourth-order valence-corrected chi connectivity index (χ4v) is 2.72. The molecule has 1 fully saturated rings. The average molecular weight is 352 g/mol. The van der Waals surface area contributed by atoms with Crippen molar-refractivity contribution in [3.8, 4) is 11.5 Å². The van der Waals surface area contributed by atoms with Gasteiger partial charge in [0, 0.05) is 6.07 Å². The van der Waals surface area contributed by atoms with Gasteiger partial charge in [0.1, 0.15) is 11.5 Å². The highest BCUT2D eigenvalue weighted by Crippen LogP contribution is 2.28. The summed E-state index contributed by atoms with van der Waals surface area (Å²) in [6.45, 7) is 5.11. The average Bonchev–Trinajstić information content (AvgIpc) is 2.62. The standard InChI is InChI=1S/C17H25N3O5/c1-4-25-17(22)20-9-7-19(8-10-20)12-16(21)18-14-6-5-13(23-2)11-15(14)24-3/h5-6,11H,4,7-10,12H2,1-3H3,(H,18,21)/p+1. The number of ether oxygens (including phenoxy) is 3. The molecule has 1 aromatic rings. The number of methoxy groups -OCH3 is 2. The van der Waals surface area contributed by atoms with Crippen LogP contribution in [0.4, 0.5) is 10.5 Å². The Hall–Kier alpha value is -2.48. The summed E-state index contributed by atoms with van der Waals surface area (Å²) < 4.78 is 15.4. The summed E-state index contributed by atoms with van der Waals surface area (Å²) in [5.41, 5.74) is 0.609. The van der Waals surface area contributed by atoms with Crippen molar-refractivity contribution in [1.82, 2.24) is 4.90 Å². The van der Waals surface area contributed by atoms with Gasteiger partial charge in [0.25, 0.3) is 5.91 Å². The van der Waals surface area contributed by atoms with Crippen LogP contribution in [0.2, 0.25) is 0 Å². The van der Waals surface area contributed by atoms with E-state index < -0.39 is 0 Å². The number of carbonyl (C=O) groups is 2. The van der Waals surface area contributed by atoms with Crippen molar-refractivity contribution in [2.75, 3.05) is 58.9 Å². The minimum Gasteiger partial charge on any atom is -0.497 e. The van der Waals surface area contributed by atoms with Crippen molar-refractivity contribution in [2.45, 2.75) is 6.92 Å². The fraction of sp³-hybridized carbons (Fsp3) is 0.529. The first-order valence-electron chi connectivity index (χ1n) is 8.34. The summed E-state index contributed by atoms with van der Waals surface area (Å²) in [5.74, 6) is 1.12. The van der Waals surface area contributed by atoms with Crippen LogP contribution in [0.5, 0.6) is 11.5 Å². The summed E-state index contributed by atoms with van der Waals surface area (Å²) in [5, 5.41) is 2.87. The van der Waals surface area contributed by atoms with Crippen molar-refractivity contribution < 1.29 is 28.7 Å². The molecule has 0 unspecified atom stereocenters. The molecule has 0 aromatic heterocycles. The number of benzene rings is 1. The Morgan fingerprint density at radius 2 is 1.92 bits per heavy atom. The lowest BCUT2D eigenvalue weighted by molar-refractivity contribution is -0.895. The van der Waals surface area contributed by atoms with E-state index in [1.165, 1.54) is 0 Å². The molecule has 0 spiro atoms. The number of piperazine rings is 1. The smallest absolute Gasteiger partial charge is 0.410 e. The molecule has 1 aromatic carbocycles. The van der Waals surface area contributed by atoms with Crippen molar-refractivity contribution in [3.63, 3.8) is 0 Å². The lowest BCUT2D eigenvalue weighted by Gasteiger charge is -2.31. The van der Waals surface area contributed by atoms with Gasteiger partial charge in [-0.25, -0.2) is 4.79 Å². The number of hydrogen-bond donors (Lipinski definition) is 2. The third-order valence-corrected chi connectivity index (χ3v) is 4.09. The second-order valence-electron chi connectivity index (χ2n) is 5.73. The molecule has 8 nitrogen and oxygen atoms in total. The maximum atomic E-state index is 12.3. The van der Waals surface area contributed by atoms with Gasteiger partial charge in [-0.2, -0.15) is 0 Å². The van der Waals surface area contributed by atoms with Crippen LogP contribution in [0.15, 0.2) is 18.2 Å². The van der Waals surface area contributed by atoms with E-state index in [4.69, 9.17) is 14.2 Å². The van der Waals surface area contributed by atoms with Crippen LogP contribution >= 0.6 is 0 Å². The third-order valence-electron chi connectivity index (χ3n) is 4.09. The number of anilines is 1. The van der Waals surface area contributed by atoms with Gasteiger partial charge in [-0.1, -0.05) is 0 Å². The number of quaternary nitrogens is 1. The Balaban J connectivity index is 1.84. The van der Waals surface area contributed by atoms with Gasteiger partial charge in [0.05, 0.1) is 52.7 Å². The Morgan fingerprint density at radius 3 is 2.52 bits per heavy atom. The lowest BCUT2D eigenvalue weighted by atomic mass is 10.2. The number of nitrogens with zero attached hydrogens (tertiary/aromatic N) is 1. The van der Waals surface area contributed by atoms with Crippen molar-refractivity contribution >= 4 is 17.7 Å². The van der Waals surface area contributed by atoms with E-state index >= 15 is 0 Å². The number of hydrogen-bond acceptors (Lipinski definition) is 5. The topological polar surface area (TPSA) is 81.5 Å². The molecule has 1 aliphatic rings. The molecular formula is C17H26N3O5+. The molecule has 8 heteroatoms. The molecule has 1 aliphatic heterocycles. The number of rotatable bonds is 6. The lowest BCUT2D eigenvalue weighted by Crippen LogP contribution is -3.15. The second-order valence-corrected chi connectivity index (χ2v) is 5.73. The largest absolute Gasteiger partial charge is 0.497 e. The Bertz CT molecular complexity index is 600. The van der Waals surface area contributed by atoms with Gasteiger partial charge in [-0.3, -0.25) is 9.69 Å². The first-order valence-corrected chi connectivity index (χ1v) is 8.34. The van der Waals surface area contributed by atoms with Gasteiger partial charge in [-0.05, 0) is 19.1 Å². The number of carbonyl (C=O) groups excluding carboxylic acids is 2. The van der Waals surface area contributed by atoms with Crippen LogP contribution in [0.3, 0.4) is 0 Å². The normalized spacial score (nSPS) is 14.8. The minimum atomic E-state index is -0.283. The molecule has 2 amide bonds. The van der Waals surface area contributed by atoms with Gasteiger partial charge >= 0.3 is 6.09 Å². The van der Waals surface area contributed by atoms with Gasteiger partial charge in [-0.15, -0.1) is 0 Å². The van der Waals surface area contributed by atoms with Gasteiger partial charge < -0.3 is 24.4 Å². The van der Waals surface area contributed by atoms with Crippen molar-refractivity contribution in [3.05, 3.63) is 18.2 Å². The Labute approximate surface area is 147 Å². The Kier molecular flexibility index (Phi) is 6.88.